The fraction of sp³-hybridized carbons (Fsp3) is 0.200. The van der Waals surface area contributed by atoms with E-state index < -0.39 is 6.16 Å². The highest BCUT2D eigenvalue weighted by Gasteiger charge is 1.89. The van der Waals surface area contributed by atoms with E-state index in [-0.39, 0.29) is 12.6 Å². The fourth-order valence-electron chi connectivity index (χ4n) is 0.301. The summed E-state index contributed by atoms with van der Waals surface area (Å²) in [6.07, 6.45) is 1.30. The zero-order valence-corrected chi connectivity index (χ0v) is 5.73. The van der Waals surface area contributed by atoms with Crippen LogP contribution in [-0.2, 0) is 4.74 Å². The molecule has 6 nitrogen and oxygen atoms in total. The summed E-state index contributed by atoms with van der Waals surface area (Å²) in [6, 6.07) is 0. The summed E-state index contributed by atoms with van der Waals surface area (Å²) in [6.45, 7) is -0.0634. The third-order valence-corrected chi connectivity index (χ3v) is 0.632. The molecule has 0 amide bonds. The summed E-state index contributed by atoms with van der Waals surface area (Å²) in [4.78, 5) is 13.2. The number of aliphatic imine (C=N–C) groups is 1. The molecule has 0 saturated heterocycles. The minimum atomic E-state index is -1.33. The monoisotopic (exact) mass is 159 g/mol. The first-order valence-corrected chi connectivity index (χ1v) is 2.72. The molecular formula is C5H9N3O3. The van der Waals surface area contributed by atoms with Gasteiger partial charge in [-0.3, -0.25) is 0 Å². The average molecular weight is 159 g/mol. The Kier molecular flexibility index (Phi) is 4.30. The third-order valence-electron chi connectivity index (χ3n) is 0.632. The van der Waals surface area contributed by atoms with Crippen molar-refractivity contribution in [1.29, 1.82) is 0 Å². The second-order valence-electron chi connectivity index (χ2n) is 1.52. The molecule has 0 spiro atoms. The van der Waals surface area contributed by atoms with Crippen molar-refractivity contribution >= 4 is 12.1 Å². The Hall–Kier alpha value is -1.72. The molecule has 0 heterocycles. The summed E-state index contributed by atoms with van der Waals surface area (Å²) >= 11 is 0. The Morgan fingerprint density at radius 1 is 1.64 bits per heavy atom. The Morgan fingerprint density at radius 2 is 2.27 bits per heavy atom. The van der Waals surface area contributed by atoms with Crippen LogP contribution in [0.4, 0.5) is 4.79 Å². The van der Waals surface area contributed by atoms with Gasteiger partial charge in [0, 0.05) is 6.20 Å². The van der Waals surface area contributed by atoms with Crippen LogP contribution in [0.1, 0.15) is 0 Å². The molecule has 0 atom stereocenters. The number of guanidine groups is 1. The van der Waals surface area contributed by atoms with Crippen LogP contribution in [0.3, 0.4) is 0 Å². The molecule has 0 aliphatic rings. The number of ether oxygens (including phenoxy) is 1. The number of hydrogen-bond donors (Lipinski definition) is 3. The maximum atomic E-state index is 9.76. The van der Waals surface area contributed by atoms with Crippen molar-refractivity contribution in [3.63, 3.8) is 0 Å². The van der Waals surface area contributed by atoms with E-state index >= 15 is 0 Å². The smallest absolute Gasteiger partial charge is 0.450 e. The van der Waals surface area contributed by atoms with Crippen LogP contribution in [0.5, 0.6) is 0 Å². The van der Waals surface area contributed by atoms with E-state index in [9.17, 15) is 4.79 Å². The second-order valence-corrected chi connectivity index (χ2v) is 1.52. The lowest BCUT2D eigenvalue weighted by atomic mass is 10.6. The largest absolute Gasteiger partial charge is 0.506 e. The number of nitrogens with two attached hydrogens (primary N) is 2. The number of carbonyl (C=O) groups is 1. The number of rotatable bonds is 3. The molecule has 0 radical (unpaired) electrons. The van der Waals surface area contributed by atoms with Gasteiger partial charge in [-0.25, -0.2) is 9.79 Å². The Balaban J connectivity index is 3.46. The molecule has 0 aliphatic heterocycles. The standard InChI is InChI=1S/C5H9N3O3/c6-4(7)8-2-1-3-11-5(9)10/h1-2H,3H2,(H,9,10)(H4,6,7,8). The average Bonchev–Trinajstić information content (AvgIpc) is 1.85. The fourth-order valence-corrected chi connectivity index (χ4v) is 0.301. The maximum absolute atomic E-state index is 9.76. The van der Waals surface area contributed by atoms with Crippen molar-refractivity contribution in [2.75, 3.05) is 6.61 Å². The van der Waals surface area contributed by atoms with E-state index in [0.717, 1.165) is 0 Å². The molecule has 11 heavy (non-hydrogen) atoms. The first kappa shape index (κ1) is 9.28. The molecule has 0 aromatic carbocycles. The van der Waals surface area contributed by atoms with Crippen LogP contribution in [-0.4, -0.2) is 23.8 Å². The predicted octanol–water partition coefficient (Wildman–Crippen LogP) is -0.532. The van der Waals surface area contributed by atoms with Gasteiger partial charge in [-0.15, -0.1) is 0 Å². The number of hydrogen-bond acceptors (Lipinski definition) is 3. The maximum Gasteiger partial charge on any atom is 0.506 e. The van der Waals surface area contributed by atoms with E-state index in [1.807, 2.05) is 0 Å². The Labute approximate surface area is 63.2 Å². The summed E-state index contributed by atoms with van der Waals surface area (Å²) in [7, 11) is 0. The molecule has 5 N–H and O–H groups in total. The summed E-state index contributed by atoms with van der Waals surface area (Å²) in [5, 5.41) is 7.98. The zero-order chi connectivity index (χ0) is 8.69. The van der Waals surface area contributed by atoms with Gasteiger partial charge >= 0.3 is 6.16 Å². The van der Waals surface area contributed by atoms with Gasteiger partial charge in [0.2, 0.25) is 0 Å². The van der Waals surface area contributed by atoms with Crippen LogP contribution < -0.4 is 11.5 Å². The molecular weight excluding hydrogens is 150 g/mol. The quantitative estimate of drug-likeness (QED) is 0.291. The molecule has 6 heteroatoms. The third kappa shape index (κ3) is 8.28. The van der Waals surface area contributed by atoms with Crippen LogP contribution in [0.25, 0.3) is 0 Å². The van der Waals surface area contributed by atoms with Crippen molar-refractivity contribution in [3.05, 3.63) is 12.3 Å². The lowest BCUT2D eigenvalue weighted by molar-refractivity contribution is 0.102. The number of carboxylic acid groups (broad SMARTS) is 1. The minimum Gasteiger partial charge on any atom is -0.450 e. The van der Waals surface area contributed by atoms with Crippen LogP contribution >= 0.6 is 0 Å². The zero-order valence-electron chi connectivity index (χ0n) is 5.73. The van der Waals surface area contributed by atoms with Crippen molar-refractivity contribution in [2.45, 2.75) is 0 Å². The topological polar surface area (TPSA) is 111 Å². The van der Waals surface area contributed by atoms with Crippen molar-refractivity contribution < 1.29 is 14.6 Å². The highest BCUT2D eigenvalue weighted by molar-refractivity contribution is 5.76. The number of nitrogens with zero attached hydrogens (tertiary/aromatic N) is 1. The lowest BCUT2D eigenvalue weighted by Crippen LogP contribution is -2.21. The predicted molar refractivity (Wildman–Crippen MR) is 38.9 cm³/mol. The van der Waals surface area contributed by atoms with Gasteiger partial charge < -0.3 is 21.3 Å². The van der Waals surface area contributed by atoms with Gasteiger partial charge in [-0.1, -0.05) is 0 Å². The van der Waals surface area contributed by atoms with Gasteiger partial charge in [0.25, 0.3) is 0 Å². The second kappa shape index (κ2) is 5.10. The first-order chi connectivity index (χ1) is 5.13. The highest BCUT2D eigenvalue weighted by Crippen LogP contribution is 1.79. The Morgan fingerprint density at radius 3 is 2.73 bits per heavy atom. The molecule has 0 aliphatic carbocycles. The van der Waals surface area contributed by atoms with Gasteiger partial charge in [0.15, 0.2) is 5.96 Å². The summed E-state index contributed by atoms with van der Waals surface area (Å²) < 4.78 is 4.10. The SMILES string of the molecule is NC(N)=NC=CCOC(=O)O. The van der Waals surface area contributed by atoms with E-state index in [0.29, 0.717) is 0 Å². The first-order valence-electron chi connectivity index (χ1n) is 2.72. The summed E-state index contributed by atoms with van der Waals surface area (Å²) in [5.41, 5.74) is 9.91. The molecule has 0 aromatic heterocycles. The molecule has 0 fully saturated rings. The van der Waals surface area contributed by atoms with Crippen LogP contribution in [0, 0.1) is 0 Å². The van der Waals surface area contributed by atoms with Crippen molar-refractivity contribution in [1.82, 2.24) is 0 Å². The molecule has 0 saturated carbocycles. The van der Waals surface area contributed by atoms with Crippen LogP contribution in [0.2, 0.25) is 0 Å². The minimum absolute atomic E-state index is 0.0634. The summed E-state index contributed by atoms with van der Waals surface area (Å²) in [5.74, 6) is -0.0865. The van der Waals surface area contributed by atoms with Gasteiger partial charge in [0.1, 0.15) is 6.61 Å². The Bertz CT molecular complexity index is 183. The van der Waals surface area contributed by atoms with Crippen molar-refractivity contribution in [3.8, 4) is 0 Å². The van der Waals surface area contributed by atoms with Gasteiger partial charge in [0.05, 0.1) is 0 Å². The molecule has 0 aromatic rings. The van der Waals surface area contributed by atoms with Gasteiger partial charge in [-0.05, 0) is 6.08 Å². The van der Waals surface area contributed by atoms with E-state index in [2.05, 4.69) is 9.73 Å². The molecule has 0 unspecified atom stereocenters. The van der Waals surface area contributed by atoms with E-state index in [1.165, 1.54) is 12.3 Å². The van der Waals surface area contributed by atoms with E-state index in [1.54, 1.807) is 0 Å². The lowest BCUT2D eigenvalue weighted by Gasteiger charge is -1.90. The normalized spacial score (nSPS) is 9.45. The molecule has 0 rings (SSSR count). The highest BCUT2D eigenvalue weighted by atomic mass is 16.7. The van der Waals surface area contributed by atoms with E-state index in [4.69, 9.17) is 16.6 Å². The molecule has 62 valence electrons. The van der Waals surface area contributed by atoms with Crippen LogP contribution in [0.15, 0.2) is 17.3 Å². The van der Waals surface area contributed by atoms with Crippen molar-refractivity contribution in [2.24, 2.45) is 16.5 Å². The van der Waals surface area contributed by atoms with Gasteiger partial charge in [-0.2, -0.15) is 0 Å². The molecule has 0 bridgehead atoms.